The summed E-state index contributed by atoms with van der Waals surface area (Å²) in [5.74, 6) is 0. The molecule has 0 spiro atoms. The van der Waals surface area contributed by atoms with Crippen LogP contribution in [0.4, 0.5) is 0 Å². The van der Waals surface area contributed by atoms with Crippen molar-refractivity contribution in [3.63, 3.8) is 0 Å². The molecule has 3 nitrogen and oxygen atoms in total. The van der Waals surface area contributed by atoms with Gasteiger partial charge >= 0.3 is 0 Å². The van der Waals surface area contributed by atoms with E-state index < -0.39 is 0 Å². The molecular weight excluding hydrogens is 150 g/mol. The monoisotopic (exact) mass is 169 g/mol. The summed E-state index contributed by atoms with van der Waals surface area (Å²) >= 11 is 0. The fourth-order valence-corrected chi connectivity index (χ4v) is 1.36. The molecule has 0 aromatic rings. The molecule has 0 fully saturated rings. The first kappa shape index (κ1) is 9.39. The second-order valence-corrected chi connectivity index (χ2v) is 3.10. The van der Waals surface area contributed by atoms with Crippen molar-refractivity contribution in [1.82, 2.24) is 16.0 Å². The maximum absolute atomic E-state index is 3.11. The van der Waals surface area contributed by atoms with Crippen molar-refractivity contribution < 1.29 is 0 Å². The molecular formula is C9H19N3. The molecule has 3 heteroatoms. The maximum Gasteiger partial charge on any atom is 0.0480 e. The summed E-state index contributed by atoms with van der Waals surface area (Å²) in [6.45, 7) is 5.51. The van der Waals surface area contributed by atoms with Crippen molar-refractivity contribution in [2.45, 2.75) is 39.5 Å². The normalized spacial score (nSPS) is 16.2. The molecule has 70 valence electrons. The third-order valence-corrected chi connectivity index (χ3v) is 2.13. The Morgan fingerprint density at radius 3 is 2.83 bits per heavy atom. The molecule has 1 rings (SSSR count). The number of hydrogen-bond acceptors (Lipinski definition) is 3. The number of hydrazine groups is 2. The number of nitrogens with one attached hydrogen (secondary N) is 2. The van der Waals surface area contributed by atoms with Gasteiger partial charge in [-0.25, -0.2) is 0 Å². The summed E-state index contributed by atoms with van der Waals surface area (Å²) in [5.41, 5.74) is 7.47. The van der Waals surface area contributed by atoms with E-state index in [0.29, 0.717) is 0 Å². The highest BCUT2D eigenvalue weighted by Gasteiger charge is 2.10. The van der Waals surface area contributed by atoms with E-state index in [0.717, 1.165) is 13.0 Å². The van der Waals surface area contributed by atoms with Gasteiger partial charge in [-0.15, -0.1) is 5.53 Å². The summed E-state index contributed by atoms with van der Waals surface area (Å²) in [4.78, 5) is 0. The van der Waals surface area contributed by atoms with E-state index in [4.69, 9.17) is 0 Å². The molecule has 2 N–H and O–H groups in total. The third-order valence-electron chi connectivity index (χ3n) is 2.13. The van der Waals surface area contributed by atoms with Crippen molar-refractivity contribution in [2.24, 2.45) is 0 Å². The molecule has 0 unspecified atom stereocenters. The molecule has 1 heterocycles. The fourth-order valence-electron chi connectivity index (χ4n) is 1.36. The van der Waals surface area contributed by atoms with Crippen LogP contribution in [0.5, 0.6) is 0 Å². The fraction of sp³-hybridized carbons (Fsp3) is 0.778. The van der Waals surface area contributed by atoms with E-state index in [1.807, 2.05) is 6.20 Å². The Morgan fingerprint density at radius 1 is 1.33 bits per heavy atom. The van der Waals surface area contributed by atoms with E-state index in [2.05, 4.69) is 29.8 Å². The minimum Gasteiger partial charge on any atom is -0.309 e. The number of hydrogen-bond donors (Lipinski definition) is 2. The Bertz CT molecular complexity index is 154. The first-order valence-electron chi connectivity index (χ1n) is 4.86. The van der Waals surface area contributed by atoms with Crippen molar-refractivity contribution in [1.29, 1.82) is 0 Å². The summed E-state index contributed by atoms with van der Waals surface area (Å²) < 4.78 is 0. The topological polar surface area (TPSA) is 27.3 Å². The summed E-state index contributed by atoms with van der Waals surface area (Å²) in [6.07, 6.45) is 6.99. The first-order valence-corrected chi connectivity index (χ1v) is 4.86. The summed E-state index contributed by atoms with van der Waals surface area (Å²) in [7, 11) is 0. The third kappa shape index (κ3) is 2.41. The maximum atomic E-state index is 3.11. The number of unbranched alkanes of at least 4 members (excludes halogenated alkanes) is 2. The Labute approximate surface area is 74.8 Å². The van der Waals surface area contributed by atoms with E-state index in [1.54, 1.807) is 0 Å². The van der Waals surface area contributed by atoms with Gasteiger partial charge in [-0.2, -0.15) is 0 Å². The van der Waals surface area contributed by atoms with Crippen LogP contribution in [-0.2, 0) is 0 Å². The molecule has 0 aliphatic carbocycles. The SMILES string of the molecule is CCCCCN1NNC=C1CC. The van der Waals surface area contributed by atoms with Gasteiger partial charge in [-0.1, -0.05) is 26.7 Å². The number of nitrogens with zero attached hydrogens (tertiary/aromatic N) is 1. The number of allylic oxidation sites excluding steroid dienone is 1. The predicted octanol–water partition coefficient (Wildman–Crippen LogP) is 1.75. The van der Waals surface area contributed by atoms with Crippen LogP contribution in [0.15, 0.2) is 11.9 Å². The lowest BCUT2D eigenvalue weighted by Crippen LogP contribution is -2.37. The highest BCUT2D eigenvalue weighted by Crippen LogP contribution is 2.09. The van der Waals surface area contributed by atoms with E-state index in [9.17, 15) is 0 Å². The van der Waals surface area contributed by atoms with Crippen LogP contribution >= 0.6 is 0 Å². The minimum absolute atomic E-state index is 1.09. The van der Waals surface area contributed by atoms with Crippen LogP contribution in [0, 0.1) is 0 Å². The van der Waals surface area contributed by atoms with Gasteiger partial charge in [-0.3, -0.25) is 5.01 Å². The average Bonchev–Trinajstić information content (AvgIpc) is 2.52. The molecule has 0 atom stereocenters. The van der Waals surface area contributed by atoms with Crippen molar-refractivity contribution in [3.05, 3.63) is 11.9 Å². The van der Waals surface area contributed by atoms with Crippen LogP contribution in [0.1, 0.15) is 39.5 Å². The van der Waals surface area contributed by atoms with Gasteiger partial charge in [0.05, 0.1) is 0 Å². The molecule has 0 amide bonds. The Kier molecular flexibility index (Phi) is 3.94. The minimum atomic E-state index is 1.09. The Morgan fingerprint density at radius 2 is 2.17 bits per heavy atom. The second kappa shape index (κ2) is 5.04. The van der Waals surface area contributed by atoms with Crippen LogP contribution in [0.2, 0.25) is 0 Å². The highest BCUT2D eigenvalue weighted by molar-refractivity contribution is 5.01. The van der Waals surface area contributed by atoms with Crippen molar-refractivity contribution in [2.75, 3.05) is 6.54 Å². The highest BCUT2D eigenvalue weighted by atomic mass is 15.7. The Hall–Kier alpha value is -0.700. The van der Waals surface area contributed by atoms with E-state index >= 15 is 0 Å². The van der Waals surface area contributed by atoms with Gasteiger partial charge < -0.3 is 5.43 Å². The Balaban J connectivity index is 2.19. The van der Waals surface area contributed by atoms with Crippen molar-refractivity contribution in [3.8, 4) is 0 Å². The molecule has 0 aromatic heterocycles. The lowest BCUT2D eigenvalue weighted by Gasteiger charge is -2.19. The molecule has 0 aromatic carbocycles. The van der Waals surface area contributed by atoms with Crippen LogP contribution in [-0.4, -0.2) is 11.6 Å². The molecule has 0 bridgehead atoms. The van der Waals surface area contributed by atoms with Gasteiger partial charge in [0, 0.05) is 18.4 Å². The van der Waals surface area contributed by atoms with Gasteiger partial charge in [0.1, 0.15) is 0 Å². The molecule has 1 aliphatic heterocycles. The largest absolute Gasteiger partial charge is 0.309 e. The second-order valence-electron chi connectivity index (χ2n) is 3.10. The van der Waals surface area contributed by atoms with E-state index in [-0.39, 0.29) is 0 Å². The van der Waals surface area contributed by atoms with Gasteiger partial charge in [0.25, 0.3) is 0 Å². The molecule has 0 radical (unpaired) electrons. The molecule has 0 saturated carbocycles. The number of rotatable bonds is 5. The molecule has 12 heavy (non-hydrogen) atoms. The standard InChI is InChI=1S/C9H19N3/c1-3-5-6-7-12-9(4-2)8-10-11-12/h8,10-11H,3-7H2,1-2H3. The van der Waals surface area contributed by atoms with Gasteiger partial charge in [0.15, 0.2) is 0 Å². The lowest BCUT2D eigenvalue weighted by molar-refractivity contribution is 0.241. The van der Waals surface area contributed by atoms with E-state index in [1.165, 1.54) is 25.0 Å². The summed E-state index contributed by atoms with van der Waals surface area (Å²) in [5, 5.41) is 2.19. The smallest absolute Gasteiger partial charge is 0.0480 e. The summed E-state index contributed by atoms with van der Waals surface area (Å²) in [6, 6.07) is 0. The van der Waals surface area contributed by atoms with Gasteiger partial charge in [-0.05, 0) is 12.8 Å². The van der Waals surface area contributed by atoms with Crippen LogP contribution in [0.25, 0.3) is 0 Å². The lowest BCUT2D eigenvalue weighted by atomic mass is 10.2. The zero-order valence-corrected chi connectivity index (χ0v) is 8.06. The zero-order valence-electron chi connectivity index (χ0n) is 8.06. The molecule has 1 aliphatic rings. The van der Waals surface area contributed by atoms with Crippen molar-refractivity contribution >= 4 is 0 Å². The zero-order chi connectivity index (χ0) is 8.81. The quantitative estimate of drug-likeness (QED) is 0.614. The molecule has 0 saturated heterocycles. The first-order chi connectivity index (χ1) is 5.88. The predicted molar refractivity (Wildman–Crippen MR) is 50.9 cm³/mol. The van der Waals surface area contributed by atoms with Crippen LogP contribution in [0.3, 0.4) is 0 Å². The average molecular weight is 169 g/mol. The van der Waals surface area contributed by atoms with Crippen LogP contribution < -0.4 is 11.0 Å². The van der Waals surface area contributed by atoms with Gasteiger partial charge in [0.2, 0.25) is 0 Å².